The van der Waals surface area contributed by atoms with E-state index in [1.807, 2.05) is 12.1 Å². The number of ether oxygens (including phenoxy) is 3. The van der Waals surface area contributed by atoms with Gasteiger partial charge in [0.15, 0.2) is 6.10 Å². The molecular formula is C11H14O4. The first-order valence-electron chi connectivity index (χ1n) is 4.48. The van der Waals surface area contributed by atoms with Crippen LogP contribution in [0.2, 0.25) is 0 Å². The molecule has 1 rings (SSSR count). The Kier molecular flexibility index (Phi) is 4.12. The van der Waals surface area contributed by atoms with Crippen LogP contribution >= 0.6 is 0 Å². The van der Waals surface area contributed by atoms with Crippen molar-refractivity contribution in [2.45, 2.75) is 6.10 Å². The number of carbonyl (C=O) groups excluding carboxylic acids is 1. The summed E-state index contributed by atoms with van der Waals surface area (Å²) in [6.07, 6.45) is -0.744. The molecule has 0 N–H and O–H groups in total. The van der Waals surface area contributed by atoms with E-state index in [-0.39, 0.29) is 0 Å². The lowest BCUT2D eigenvalue weighted by atomic mass is 10.1. The highest BCUT2D eigenvalue weighted by atomic mass is 16.6. The third-order valence-corrected chi connectivity index (χ3v) is 2.07. The lowest BCUT2D eigenvalue weighted by Crippen LogP contribution is -2.16. The summed E-state index contributed by atoms with van der Waals surface area (Å²) in [5.41, 5.74) is 0.661. The molecule has 0 aliphatic heterocycles. The Morgan fingerprint density at radius 1 is 1.20 bits per heavy atom. The van der Waals surface area contributed by atoms with Crippen LogP contribution in [0.1, 0.15) is 11.7 Å². The average Bonchev–Trinajstić information content (AvgIpc) is 2.30. The van der Waals surface area contributed by atoms with Crippen LogP contribution in [0, 0.1) is 0 Å². The van der Waals surface area contributed by atoms with Gasteiger partial charge < -0.3 is 14.2 Å². The van der Waals surface area contributed by atoms with Crippen molar-refractivity contribution in [2.24, 2.45) is 0 Å². The van der Waals surface area contributed by atoms with Crippen LogP contribution in [0.4, 0.5) is 0 Å². The standard InChI is InChI=1S/C11H14O4/c1-13-9-7-5-4-6-8(9)10(14-2)11(12)15-3/h4-7,10H,1-3H3. The van der Waals surface area contributed by atoms with Gasteiger partial charge in [-0.2, -0.15) is 0 Å². The van der Waals surface area contributed by atoms with Gasteiger partial charge in [0.2, 0.25) is 0 Å². The number of esters is 1. The summed E-state index contributed by atoms with van der Waals surface area (Å²) in [4.78, 5) is 11.4. The molecule has 1 aromatic rings. The molecule has 0 aliphatic rings. The van der Waals surface area contributed by atoms with Crippen LogP contribution in [0.3, 0.4) is 0 Å². The lowest BCUT2D eigenvalue weighted by molar-refractivity contribution is -0.152. The molecule has 1 atom stereocenters. The fraction of sp³-hybridized carbons (Fsp3) is 0.364. The van der Waals surface area contributed by atoms with E-state index < -0.39 is 12.1 Å². The maximum Gasteiger partial charge on any atom is 0.339 e. The first kappa shape index (κ1) is 11.5. The minimum absolute atomic E-state index is 0.443. The fourth-order valence-corrected chi connectivity index (χ4v) is 1.34. The Labute approximate surface area is 88.8 Å². The highest BCUT2D eigenvalue weighted by Crippen LogP contribution is 2.27. The van der Waals surface area contributed by atoms with Crippen molar-refractivity contribution in [3.63, 3.8) is 0 Å². The second kappa shape index (κ2) is 5.36. The van der Waals surface area contributed by atoms with Crippen LogP contribution in [0.15, 0.2) is 24.3 Å². The Hall–Kier alpha value is -1.55. The van der Waals surface area contributed by atoms with Crippen LogP contribution in [0.25, 0.3) is 0 Å². The molecule has 0 aromatic heterocycles. The van der Waals surface area contributed by atoms with E-state index in [1.54, 1.807) is 19.2 Å². The topological polar surface area (TPSA) is 44.8 Å². The summed E-state index contributed by atoms with van der Waals surface area (Å²) in [6, 6.07) is 7.17. The summed E-state index contributed by atoms with van der Waals surface area (Å²) in [7, 11) is 4.32. The van der Waals surface area contributed by atoms with Crippen molar-refractivity contribution >= 4 is 5.97 Å². The van der Waals surface area contributed by atoms with Crippen molar-refractivity contribution in [1.82, 2.24) is 0 Å². The molecule has 0 fully saturated rings. The predicted octanol–water partition coefficient (Wildman–Crippen LogP) is 1.56. The number of rotatable bonds is 4. The number of hydrogen-bond donors (Lipinski definition) is 0. The van der Waals surface area contributed by atoms with E-state index in [1.165, 1.54) is 14.2 Å². The summed E-state index contributed by atoms with van der Waals surface area (Å²) in [5, 5.41) is 0. The summed E-state index contributed by atoms with van der Waals surface area (Å²) in [6.45, 7) is 0. The van der Waals surface area contributed by atoms with Crippen LogP contribution in [-0.4, -0.2) is 27.3 Å². The van der Waals surface area contributed by atoms with E-state index in [0.717, 1.165) is 0 Å². The highest BCUT2D eigenvalue weighted by molar-refractivity contribution is 5.77. The predicted molar refractivity (Wildman–Crippen MR) is 54.8 cm³/mol. The zero-order valence-corrected chi connectivity index (χ0v) is 9.02. The minimum Gasteiger partial charge on any atom is -0.496 e. The Balaban J connectivity index is 3.05. The molecule has 0 aliphatic carbocycles. The molecule has 15 heavy (non-hydrogen) atoms. The van der Waals surface area contributed by atoms with Gasteiger partial charge in [0.05, 0.1) is 14.2 Å². The maximum absolute atomic E-state index is 11.4. The molecule has 0 radical (unpaired) electrons. The molecule has 0 bridgehead atoms. The second-order valence-corrected chi connectivity index (χ2v) is 2.88. The van der Waals surface area contributed by atoms with Crippen LogP contribution in [0.5, 0.6) is 5.75 Å². The van der Waals surface area contributed by atoms with E-state index in [0.29, 0.717) is 11.3 Å². The molecule has 0 spiro atoms. The van der Waals surface area contributed by atoms with Gasteiger partial charge in [0.1, 0.15) is 5.75 Å². The largest absolute Gasteiger partial charge is 0.496 e. The van der Waals surface area contributed by atoms with E-state index in [9.17, 15) is 4.79 Å². The van der Waals surface area contributed by atoms with Crippen molar-refractivity contribution < 1.29 is 19.0 Å². The number of methoxy groups -OCH3 is 3. The number of carbonyl (C=O) groups is 1. The van der Waals surface area contributed by atoms with Crippen molar-refractivity contribution in [3.05, 3.63) is 29.8 Å². The molecule has 0 saturated heterocycles. The molecule has 0 heterocycles. The van der Waals surface area contributed by atoms with Crippen LogP contribution < -0.4 is 4.74 Å². The summed E-state index contributed by atoms with van der Waals surface area (Å²) >= 11 is 0. The van der Waals surface area contributed by atoms with E-state index >= 15 is 0 Å². The molecule has 0 amide bonds. The Morgan fingerprint density at radius 2 is 1.87 bits per heavy atom. The fourth-order valence-electron chi connectivity index (χ4n) is 1.34. The van der Waals surface area contributed by atoms with Crippen molar-refractivity contribution in [1.29, 1.82) is 0 Å². The van der Waals surface area contributed by atoms with Gasteiger partial charge in [-0.15, -0.1) is 0 Å². The molecule has 4 heteroatoms. The molecule has 1 aromatic carbocycles. The molecule has 82 valence electrons. The molecular weight excluding hydrogens is 196 g/mol. The zero-order valence-electron chi connectivity index (χ0n) is 9.02. The zero-order chi connectivity index (χ0) is 11.3. The third-order valence-electron chi connectivity index (χ3n) is 2.07. The SMILES string of the molecule is COC(=O)C(OC)c1ccccc1OC. The first-order valence-corrected chi connectivity index (χ1v) is 4.48. The average molecular weight is 210 g/mol. The van der Waals surface area contributed by atoms with Gasteiger partial charge in [-0.3, -0.25) is 0 Å². The summed E-state index contributed by atoms with van der Waals surface area (Å²) < 4.78 is 14.8. The summed E-state index contributed by atoms with van der Waals surface area (Å²) in [5.74, 6) is 0.164. The lowest BCUT2D eigenvalue weighted by Gasteiger charge is -2.15. The quantitative estimate of drug-likeness (QED) is 0.707. The van der Waals surface area contributed by atoms with Crippen molar-refractivity contribution in [2.75, 3.05) is 21.3 Å². The third kappa shape index (κ3) is 2.47. The van der Waals surface area contributed by atoms with E-state index in [2.05, 4.69) is 4.74 Å². The minimum atomic E-state index is -0.744. The van der Waals surface area contributed by atoms with Gasteiger partial charge in [0.25, 0.3) is 0 Å². The maximum atomic E-state index is 11.4. The van der Waals surface area contributed by atoms with Gasteiger partial charge in [-0.1, -0.05) is 18.2 Å². The van der Waals surface area contributed by atoms with Gasteiger partial charge in [-0.25, -0.2) is 4.79 Å². The van der Waals surface area contributed by atoms with Crippen LogP contribution in [-0.2, 0) is 14.3 Å². The Morgan fingerprint density at radius 3 is 2.40 bits per heavy atom. The van der Waals surface area contributed by atoms with Gasteiger partial charge in [0, 0.05) is 12.7 Å². The monoisotopic (exact) mass is 210 g/mol. The molecule has 4 nitrogen and oxygen atoms in total. The van der Waals surface area contributed by atoms with E-state index in [4.69, 9.17) is 9.47 Å². The number of para-hydroxylation sites is 1. The highest BCUT2D eigenvalue weighted by Gasteiger charge is 2.23. The van der Waals surface area contributed by atoms with Crippen molar-refractivity contribution in [3.8, 4) is 5.75 Å². The number of hydrogen-bond acceptors (Lipinski definition) is 4. The molecule has 1 unspecified atom stereocenters. The molecule has 0 saturated carbocycles. The van der Waals surface area contributed by atoms with Gasteiger partial charge in [-0.05, 0) is 6.07 Å². The van der Waals surface area contributed by atoms with Gasteiger partial charge >= 0.3 is 5.97 Å². The normalized spacial score (nSPS) is 11.9. The smallest absolute Gasteiger partial charge is 0.339 e. The number of benzene rings is 1. The Bertz CT molecular complexity index is 335. The second-order valence-electron chi connectivity index (χ2n) is 2.88. The first-order chi connectivity index (χ1) is 7.24.